The minimum absolute atomic E-state index is 0.0710. The summed E-state index contributed by atoms with van der Waals surface area (Å²) in [5.74, 6) is 0.983. The van der Waals surface area contributed by atoms with Crippen molar-refractivity contribution >= 4 is 15.7 Å². The quantitative estimate of drug-likeness (QED) is 0.694. The number of sulfone groups is 1. The van der Waals surface area contributed by atoms with E-state index in [1.807, 2.05) is 0 Å². The Kier molecular flexibility index (Phi) is 5.40. The summed E-state index contributed by atoms with van der Waals surface area (Å²) in [5, 5.41) is 2.97. The first-order chi connectivity index (χ1) is 9.52. The average Bonchev–Trinajstić information content (AvgIpc) is 2.89. The standard InChI is InChI=1S/C13H25N3O3S/c14-10-11-2-1-3-12(11)13(17)15-4-5-16-6-8-20(18,19)9-7-16/h11-12H,1-10,14H2,(H,15,17)/t11-,12-/m1/s1. The van der Waals surface area contributed by atoms with Gasteiger partial charge in [0.25, 0.3) is 0 Å². The van der Waals surface area contributed by atoms with Crippen molar-refractivity contribution in [1.29, 1.82) is 0 Å². The van der Waals surface area contributed by atoms with Crippen LogP contribution in [0.25, 0.3) is 0 Å². The SMILES string of the molecule is NC[C@H]1CCC[C@H]1C(=O)NCCN1CCS(=O)(=O)CC1. The molecule has 0 aromatic heterocycles. The Morgan fingerprint density at radius 3 is 2.60 bits per heavy atom. The molecule has 0 aromatic carbocycles. The molecule has 1 aliphatic carbocycles. The highest BCUT2D eigenvalue weighted by Crippen LogP contribution is 2.30. The van der Waals surface area contributed by atoms with E-state index < -0.39 is 9.84 Å². The van der Waals surface area contributed by atoms with Crippen molar-refractivity contribution in [3.8, 4) is 0 Å². The van der Waals surface area contributed by atoms with Crippen LogP contribution in [0, 0.1) is 11.8 Å². The number of carbonyl (C=O) groups excluding carboxylic acids is 1. The zero-order valence-corrected chi connectivity index (χ0v) is 12.7. The Labute approximate surface area is 121 Å². The first-order valence-corrected chi connectivity index (χ1v) is 9.24. The third-order valence-electron chi connectivity index (χ3n) is 4.46. The molecule has 1 heterocycles. The van der Waals surface area contributed by atoms with Crippen LogP contribution in [0.5, 0.6) is 0 Å². The van der Waals surface area contributed by atoms with Crippen molar-refractivity contribution in [1.82, 2.24) is 10.2 Å². The van der Waals surface area contributed by atoms with Crippen molar-refractivity contribution in [3.05, 3.63) is 0 Å². The predicted molar refractivity (Wildman–Crippen MR) is 78.0 cm³/mol. The first-order valence-electron chi connectivity index (χ1n) is 7.42. The number of rotatable bonds is 5. The Morgan fingerprint density at radius 1 is 1.25 bits per heavy atom. The van der Waals surface area contributed by atoms with Crippen molar-refractivity contribution < 1.29 is 13.2 Å². The van der Waals surface area contributed by atoms with Crippen LogP contribution in [-0.4, -0.2) is 63.5 Å². The van der Waals surface area contributed by atoms with Gasteiger partial charge < -0.3 is 11.1 Å². The Hall–Kier alpha value is -0.660. The van der Waals surface area contributed by atoms with Gasteiger partial charge in [0.2, 0.25) is 5.91 Å². The predicted octanol–water partition coefficient (Wildman–Crippen LogP) is -0.792. The summed E-state index contributed by atoms with van der Waals surface area (Å²) in [4.78, 5) is 14.2. The summed E-state index contributed by atoms with van der Waals surface area (Å²) in [5.41, 5.74) is 5.69. The molecule has 1 saturated carbocycles. The fourth-order valence-corrected chi connectivity index (χ4v) is 4.38. The molecule has 0 spiro atoms. The molecule has 0 radical (unpaired) electrons. The van der Waals surface area contributed by atoms with Crippen LogP contribution in [0.15, 0.2) is 0 Å². The molecule has 3 N–H and O–H groups in total. The van der Waals surface area contributed by atoms with E-state index in [9.17, 15) is 13.2 Å². The number of hydrogen-bond acceptors (Lipinski definition) is 5. The molecule has 2 atom stereocenters. The molecule has 1 saturated heterocycles. The van der Waals surface area contributed by atoms with Gasteiger partial charge in [-0.25, -0.2) is 8.42 Å². The van der Waals surface area contributed by atoms with E-state index in [1.54, 1.807) is 0 Å². The highest BCUT2D eigenvalue weighted by molar-refractivity contribution is 7.91. The molecule has 1 aliphatic heterocycles. The molecular weight excluding hydrogens is 278 g/mol. The van der Waals surface area contributed by atoms with Gasteiger partial charge >= 0.3 is 0 Å². The number of carbonyl (C=O) groups is 1. The van der Waals surface area contributed by atoms with Gasteiger partial charge in [-0.05, 0) is 25.3 Å². The van der Waals surface area contributed by atoms with E-state index in [4.69, 9.17) is 5.73 Å². The molecule has 6 nitrogen and oxygen atoms in total. The molecule has 116 valence electrons. The lowest BCUT2D eigenvalue weighted by atomic mass is 9.95. The average molecular weight is 303 g/mol. The van der Waals surface area contributed by atoms with E-state index in [1.165, 1.54) is 0 Å². The minimum atomic E-state index is -2.82. The van der Waals surface area contributed by atoms with Crippen molar-refractivity contribution in [2.45, 2.75) is 19.3 Å². The number of nitrogens with one attached hydrogen (secondary N) is 1. The molecule has 1 amide bonds. The number of hydrogen-bond donors (Lipinski definition) is 2. The second-order valence-corrected chi connectivity index (χ2v) is 8.12. The minimum Gasteiger partial charge on any atom is -0.355 e. The van der Waals surface area contributed by atoms with Gasteiger partial charge in [0, 0.05) is 32.1 Å². The smallest absolute Gasteiger partial charge is 0.223 e. The lowest BCUT2D eigenvalue weighted by Crippen LogP contribution is -2.45. The first kappa shape index (κ1) is 15.7. The number of nitrogens with zero attached hydrogens (tertiary/aromatic N) is 1. The summed E-state index contributed by atoms with van der Waals surface area (Å²) in [7, 11) is -2.82. The van der Waals surface area contributed by atoms with E-state index in [2.05, 4.69) is 10.2 Å². The highest BCUT2D eigenvalue weighted by atomic mass is 32.2. The zero-order chi connectivity index (χ0) is 14.6. The Morgan fingerprint density at radius 2 is 1.95 bits per heavy atom. The molecular formula is C13H25N3O3S. The fourth-order valence-electron chi connectivity index (χ4n) is 3.11. The van der Waals surface area contributed by atoms with Crippen LogP contribution < -0.4 is 11.1 Å². The van der Waals surface area contributed by atoms with E-state index >= 15 is 0 Å². The van der Waals surface area contributed by atoms with E-state index in [0.29, 0.717) is 32.1 Å². The van der Waals surface area contributed by atoms with Crippen LogP contribution in [-0.2, 0) is 14.6 Å². The van der Waals surface area contributed by atoms with Gasteiger partial charge in [0.05, 0.1) is 11.5 Å². The summed E-state index contributed by atoms with van der Waals surface area (Å²) in [6.45, 7) is 3.05. The highest BCUT2D eigenvalue weighted by Gasteiger charge is 2.31. The van der Waals surface area contributed by atoms with Crippen molar-refractivity contribution in [2.75, 3.05) is 44.2 Å². The topological polar surface area (TPSA) is 92.5 Å². The molecule has 7 heteroatoms. The number of amides is 1. The number of nitrogens with two attached hydrogens (primary N) is 1. The molecule has 2 rings (SSSR count). The molecule has 20 heavy (non-hydrogen) atoms. The van der Waals surface area contributed by atoms with Crippen LogP contribution in [0.4, 0.5) is 0 Å². The largest absolute Gasteiger partial charge is 0.355 e. The Balaban J connectivity index is 1.67. The summed E-state index contributed by atoms with van der Waals surface area (Å²) >= 11 is 0. The van der Waals surface area contributed by atoms with Gasteiger partial charge in [-0.15, -0.1) is 0 Å². The van der Waals surface area contributed by atoms with Gasteiger partial charge in [0.15, 0.2) is 9.84 Å². The van der Waals surface area contributed by atoms with Gasteiger partial charge in [-0.2, -0.15) is 0 Å². The van der Waals surface area contributed by atoms with E-state index in [0.717, 1.165) is 25.8 Å². The molecule has 2 fully saturated rings. The van der Waals surface area contributed by atoms with Crippen LogP contribution >= 0.6 is 0 Å². The van der Waals surface area contributed by atoms with Gasteiger partial charge in [0.1, 0.15) is 0 Å². The third-order valence-corrected chi connectivity index (χ3v) is 6.07. The van der Waals surface area contributed by atoms with E-state index in [-0.39, 0.29) is 23.3 Å². The maximum absolute atomic E-state index is 12.1. The van der Waals surface area contributed by atoms with Crippen molar-refractivity contribution in [3.63, 3.8) is 0 Å². The van der Waals surface area contributed by atoms with Gasteiger partial charge in [-0.3, -0.25) is 9.69 Å². The monoisotopic (exact) mass is 303 g/mol. The Bertz CT molecular complexity index is 424. The second kappa shape index (κ2) is 6.87. The summed E-state index contributed by atoms with van der Waals surface area (Å²) in [6.07, 6.45) is 3.08. The van der Waals surface area contributed by atoms with Crippen LogP contribution in [0.1, 0.15) is 19.3 Å². The summed E-state index contributed by atoms with van der Waals surface area (Å²) < 4.78 is 22.6. The molecule has 0 aromatic rings. The normalized spacial score (nSPS) is 30.2. The van der Waals surface area contributed by atoms with Gasteiger partial charge in [-0.1, -0.05) is 6.42 Å². The lowest BCUT2D eigenvalue weighted by Gasteiger charge is -2.26. The maximum atomic E-state index is 12.1. The molecule has 0 bridgehead atoms. The van der Waals surface area contributed by atoms with Crippen LogP contribution in [0.3, 0.4) is 0 Å². The maximum Gasteiger partial charge on any atom is 0.223 e. The molecule has 0 unspecified atom stereocenters. The van der Waals surface area contributed by atoms with Crippen molar-refractivity contribution in [2.24, 2.45) is 17.6 Å². The third kappa shape index (κ3) is 4.17. The summed E-state index contributed by atoms with van der Waals surface area (Å²) in [6, 6.07) is 0. The lowest BCUT2D eigenvalue weighted by molar-refractivity contribution is -0.126. The zero-order valence-electron chi connectivity index (χ0n) is 11.9. The fraction of sp³-hybridized carbons (Fsp3) is 0.923. The second-order valence-electron chi connectivity index (χ2n) is 5.82. The molecule has 2 aliphatic rings. The van der Waals surface area contributed by atoms with Crippen LogP contribution in [0.2, 0.25) is 0 Å².